The van der Waals surface area contributed by atoms with E-state index in [1.54, 1.807) is 0 Å². The molecule has 1 aliphatic carbocycles. The number of carbonyl (C=O) groups is 1. The van der Waals surface area contributed by atoms with Crippen LogP contribution in [0.15, 0.2) is 18.2 Å². The Bertz CT molecular complexity index is 365. The second kappa shape index (κ2) is 4.05. The third-order valence-electron chi connectivity index (χ3n) is 2.58. The Labute approximate surface area is 90.3 Å². The van der Waals surface area contributed by atoms with Crippen LogP contribution in [0.2, 0.25) is 0 Å². The van der Waals surface area contributed by atoms with Gasteiger partial charge in [-0.25, -0.2) is 0 Å². The number of ether oxygens (including phenoxy) is 1. The maximum Gasteiger partial charge on any atom is 0.153 e. The molecule has 0 spiro atoms. The van der Waals surface area contributed by atoms with E-state index in [9.17, 15) is 4.79 Å². The normalized spacial score (nSPS) is 15.4. The quantitative estimate of drug-likeness (QED) is 0.704. The molecule has 2 heteroatoms. The molecule has 0 bridgehead atoms. The van der Waals surface area contributed by atoms with Gasteiger partial charge in [-0.3, -0.25) is 4.79 Å². The van der Waals surface area contributed by atoms with E-state index >= 15 is 0 Å². The number of aldehydes is 1. The number of hydrogen-bond acceptors (Lipinski definition) is 2. The molecule has 1 aromatic rings. The van der Waals surface area contributed by atoms with Gasteiger partial charge in [0.1, 0.15) is 5.75 Å². The summed E-state index contributed by atoms with van der Waals surface area (Å²) in [4.78, 5) is 10.8. The summed E-state index contributed by atoms with van der Waals surface area (Å²) in [7, 11) is 0. The second-order valence-corrected chi connectivity index (χ2v) is 4.36. The zero-order chi connectivity index (χ0) is 10.8. The molecule has 0 unspecified atom stereocenters. The molecule has 0 amide bonds. The largest absolute Gasteiger partial charge is 0.490 e. The van der Waals surface area contributed by atoms with Crippen molar-refractivity contribution in [3.63, 3.8) is 0 Å². The minimum atomic E-state index is 0.109. The van der Waals surface area contributed by atoms with Crippen molar-refractivity contribution in [1.29, 1.82) is 0 Å². The predicted molar refractivity (Wildman–Crippen MR) is 59.6 cm³/mol. The van der Waals surface area contributed by atoms with Crippen LogP contribution >= 0.6 is 0 Å². The van der Waals surface area contributed by atoms with E-state index in [1.165, 1.54) is 18.4 Å². The molecule has 0 heterocycles. The van der Waals surface area contributed by atoms with E-state index in [-0.39, 0.29) is 6.10 Å². The first kappa shape index (κ1) is 10.2. The molecule has 2 rings (SSSR count). The minimum absolute atomic E-state index is 0.109. The molecule has 80 valence electrons. The van der Waals surface area contributed by atoms with Gasteiger partial charge in [-0.1, -0.05) is 6.07 Å². The minimum Gasteiger partial charge on any atom is -0.490 e. The highest BCUT2D eigenvalue weighted by Crippen LogP contribution is 2.41. The monoisotopic (exact) mass is 204 g/mol. The average Bonchev–Trinajstić information content (AvgIpc) is 3.00. The van der Waals surface area contributed by atoms with Crippen molar-refractivity contribution in [2.24, 2.45) is 0 Å². The molecule has 1 fully saturated rings. The fraction of sp³-hybridized carbons (Fsp3) is 0.462. The Hall–Kier alpha value is -1.31. The summed E-state index contributed by atoms with van der Waals surface area (Å²) in [5.74, 6) is 1.42. The summed E-state index contributed by atoms with van der Waals surface area (Å²) in [6, 6.07) is 5.91. The highest BCUT2D eigenvalue weighted by atomic mass is 16.5. The van der Waals surface area contributed by atoms with Gasteiger partial charge in [-0.05, 0) is 50.3 Å². The number of benzene rings is 1. The van der Waals surface area contributed by atoms with Gasteiger partial charge < -0.3 is 4.74 Å². The molecule has 15 heavy (non-hydrogen) atoms. The van der Waals surface area contributed by atoms with E-state index in [0.29, 0.717) is 11.5 Å². The first-order chi connectivity index (χ1) is 7.20. The smallest absolute Gasteiger partial charge is 0.153 e. The Morgan fingerprint density at radius 2 is 2.13 bits per heavy atom. The Morgan fingerprint density at radius 1 is 1.40 bits per heavy atom. The molecule has 0 radical (unpaired) electrons. The lowest BCUT2D eigenvalue weighted by molar-refractivity contribution is 0.111. The standard InChI is InChI=1S/C13H16O2/c1-9(2)15-13-7-11(10-3-4-10)5-6-12(13)8-14/h5-10H,3-4H2,1-2H3. The van der Waals surface area contributed by atoms with Gasteiger partial charge in [0.15, 0.2) is 6.29 Å². The maximum atomic E-state index is 10.8. The van der Waals surface area contributed by atoms with Crippen molar-refractivity contribution in [1.82, 2.24) is 0 Å². The lowest BCUT2D eigenvalue weighted by Gasteiger charge is -2.12. The van der Waals surface area contributed by atoms with Crippen molar-refractivity contribution >= 4 is 6.29 Å². The van der Waals surface area contributed by atoms with E-state index in [2.05, 4.69) is 0 Å². The zero-order valence-corrected chi connectivity index (χ0v) is 9.19. The molecular weight excluding hydrogens is 188 g/mol. The Kier molecular flexibility index (Phi) is 2.76. The molecule has 1 saturated carbocycles. The van der Waals surface area contributed by atoms with Crippen LogP contribution in [-0.4, -0.2) is 12.4 Å². The van der Waals surface area contributed by atoms with Crippen molar-refractivity contribution in [3.05, 3.63) is 29.3 Å². The summed E-state index contributed by atoms with van der Waals surface area (Å²) >= 11 is 0. The molecule has 0 N–H and O–H groups in total. The Balaban J connectivity index is 2.29. The van der Waals surface area contributed by atoms with E-state index < -0.39 is 0 Å². The van der Waals surface area contributed by atoms with E-state index in [4.69, 9.17) is 4.74 Å². The van der Waals surface area contributed by atoms with Gasteiger partial charge in [0, 0.05) is 0 Å². The van der Waals surface area contributed by atoms with Crippen molar-refractivity contribution in [3.8, 4) is 5.75 Å². The van der Waals surface area contributed by atoms with Crippen LogP contribution in [0.3, 0.4) is 0 Å². The molecule has 1 aromatic carbocycles. The fourth-order valence-corrected chi connectivity index (χ4v) is 1.67. The third kappa shape index (κ3) is 2.38. The maximum absolute atomic E-state index is 10.8. The number of carbonyl (C=O) groups excluding carboxylic acids is 1. The van der Waals surface area contributed by atoms with Crippen molar-refractivity contribution in [2.45, 2.75) is 38.7 Å². The van der Waals surface area contributed by atoms with Gasteiger partial charge >= 0.3 is 0 Å². The zero-order valence-electron chi connectivity index (χ0n) is 9.19. The van der Waals surface area contributed by atoms with E-state index in [1.807, 2.05) is 32.0 Å². The van der Waals surface area contributed by atoms with Crippen LogP contribution in [0.1, 0.15) is 48.5 Å². The fourth-order valence-electron chi connectivity index (χ4n) is 1.67. The molecule has 0 atom stereocenters. The summed E-state index contributed by atoms with van der Waals surface area (Å²) in [5.41, 5.74) is 1.95. The van der Waals surface area contributed by atoms with Gasteiger partial charge in [0.05, 0.1) is 11.7 Å². The second-order valence-electron chi connectivity index (χ2n) is 4.36. The topological polar surface area (TPSA) is 26.3 Å². The predicted octanol–water partition coefficient (Wildman–Crippen LogP) is 3.16. The van der Waals surface area contributed by atoms with Crippen LogP contribution in [0, 0.1) is 0 Å². The van der Waals surface area contributed by atoms with E-state index in [0.717, 1.165) is 12.0 Å². The van der Waals surface area contributed by atoms with Gasteiger partial charge in [-0.15, -0.1) is 0 Å². The molecule has 1 aliphatic rings. The first-order valence-electron chi connectivity index (χ1n) is 5.46. The summed E-state index contributed by atoms with van der Waals surface area (Å²) in [6.07, 6.45) is 3.50. The average molecular weight is 204 g/mol. The van der Waals surface area contributed by atoms with Crippen molar-refractivity contribution < 1.29 is 9.53 Å². The van der Waals surface area contributed by atoms with Gasteiger partial charge in [0.2, 0.25) is 0 Å². The SMILES string of the molecule is CC(C)Oc1cc(C2CC2)ccc1C=O. The molecule has 0 aliphatic heterocycles. The number of rotatable bonds is 4. The molecule has 2 nitrogen and oxygen atoms in total. The van der Waals surface area contributed by atoms with Crippen LogP contribution in [0.25, 0.3) is 0 Å². The Morgan fingerprint density at radius 3 is 2.67 bits per heavy atom. The lowest BCUT2D eigenvalue weighted by atomic mass is 10.1. The van der Waals surface area contributed by atoms with Crippen LogP contribution < -0.4 is 4.74 Å². The van der Waals surface area contributed by atoms with Gasteiger partial charge in [0.25, 0.3) is 0 Å². The highest BCUT2D eigenvalue weighted by Gasteiger charge is 2.24. The summed E-state index contributed by atoms with van der Waals surface area (Å²) in [6.45, 7) is 3.94. The summed E-state index contributed by atoms with van der Waals surface area (Å²) < 4.78 is 5.62. The van der Waals surface area contributed by atoms with Gasteiger partial charge in [-0.2, -0.15) is 0 Å². The highest BCUT2D eigenvalue weighted by molar-refractivity contribution is 5.79. The first-order valence-corrected chi connectivity index (χ1v) is 5.46. The molecular formula is C13H16O2. The third-order valence-corrected chi connectivity index (χ3v) is 2.58. The van der Waals surface area contributed by atoms with Crippen LogP contribution in [0.4, 0.5) is 0 Å². The molecule has 0 aromatic heterocycles. The lowest BCUT2D eigenvalue weighted by Crippen LogP contribution is -2.07. The van der Waals surface area contributed by atoms with Crippen molar-refractivity contribution in [2.75, 3.05) is 0 Å². The number of hydrogen-bond donors (Lipinski definition) is 0. The van der Waals surface area contributed by atoms with Crippen LogP contribution in [0.5, 0.6) is 5.75 Å². The molecule has 0 saturated heterocycles. The van der Waals surface area contributed by atoms with Crippen LogP contribution in [-0.2, 0) is 0 Å². The summed E-state index contributed by atoms with van der Waals surface area (Å²) in [5, 5.41) is 0.